The van der Waals surface area contributed by atoms with E-state index in [1.807, 2.05) is 12.1 Å². The van der Waals surface area contributed by atoms with Gasteiger partial charge in [-0.3, -0.25) is 4.90 Å². The van der Waals surface area contributed by atoms with Crippen molar-refractivity contribution in [3.8, 4) is 0 Å². The lowest BCUT2D eigenvalue weighted by molar-refractivity contribution is 0.165. The van der Waals surface area contributed by atoms with E-state index in [-0.39, 0.29) is 0 Å². The predicted octanol–water partition coefficient (Wildman–Crippen LogP) is 4.45. The van der Waals surface area contributed by atoms with Gasteiger partial charge in [-0.1, -0.05) is 43.1 Å². The predicted molar refractivity (Wildman–Crippen MR) is 92.2 cm³/mol. The average Bonchev–Trinajstić information content (AvgIpc) is 2.43. The fraction of sp³-hybridized carbons (Fsp3) is 0.647. The van der Waals surface area contributed by atoms with E-state index in [4.69, 9.17) is 23.2 Å². The van der Waals surface area contributed by atoms with Crippen molar-refractivity contribution in [2.45, 2.75) is 33.2 Å². The number of hydrogen-bond acceptors (Lipinski definition) is 2. The van der Waals surface area contributed by atoms with Gasteiger partial charge >= 0.3 is 0 Å². The minimum absolute atomic E-state index is 0.634. The highest BCUT2D eigenvalue weighted by molar-refractivity contribution is 6.42. The van der Waals surface area contributed by atoms with Crippen molar-refractivity contribution in [3.63, 3.8) is 0 Å². The summed E-state index contributed by atoms with van der Waals surface area (Å²) in [6.07, 6.45) is 2.62. The summed E-state index contributed by atoms with van der Waals surface area (Å²) >= 11 is 12.1. The van der Waals surface area contributed by atoms with Crippen molar-refractivity contribution in [1.82, 2.24) is 10.2 Å². The second kappa shape index (κ2) is 8.38. The lowest BCUT2D eigenvalue weighted by Crippen LogP contribution is -2.39. The maximum absolute atomic E-state index is 6.10. The standard InChI is InChI=1S/C17H26Cl2N2/c1-13(2)9-20-10-15-4-3-7-21(12-15)11-14-5-6-16(18)17(19)8-14/h5-6,8,13,15,20H,3-4,7,9-12H2,1-2H3. The Hall–Kier alpha value is -0.280. The van der Waals surface area contributed by atoms with Gasteiger partial charge in [0.1, 0.15) is 0 Å². The molecule has 4 heteroatoms. The largest absolute Gasteiger partial charge is 0.316 e. The lowest BCUT2D eigenvalue weighted by atomic mass is 9.97. The van der Waals surface area contributed by atoms with E-state index in [1.54, 1.807) is 0 Å². The maximum atomic E-state index is 6.10. The highest BCUT2D eigenvalue weighted by Crippen LogP contribution is 2.24. The molecule has 1 saturated heterocycles. The summed E-state index contributed by atoms with van der Waals surface area (Å²) < 4.78 is 0. The summed E-state index contributed by atoms with van der Waals surface area (Å²) in [5.74, 6) is 1.49. The summed E-state index contributed by atoms with van der Waals surface area (Å²) in [4.78, 5) is 2.53. The van der Waals surface area contributed by atoms with Gasteiger partial charge < -0.3 is 5.32 Å². The summed E-state index contributed by atoms with van der Waals surface area (Å²) in [6.45, 7) is 10.1. The quantitative estimate of drug-likeness (QED) is 0.829. The van der Waals surface area contributed by atoms with Crippen LogP contribution >= 0.6 is 23.2 Å². The number of benzene rings is 1. The fourth-order valence-corrected chi connectivity index (χ4v) is 3.25. The van der Waals surface area contributed by atoms with Crippen LogP contribution in [0.3, 0.4) is 0 Å². The molecule has 1 unspecified atom stereocenters. The lowest BCUT2D eigenvalue weighted by Gasteiger charge is -2.33. The minimum Gasteiger partial charge on any atom is -0.316 e. The Bertz CT molecular complexity index is 448. The van der Waals surface area contributed by atoms with E-state index in [9.17, 15) is 0 Å². The smallest absolute Gasteiger partial charge is 0.0595 e. The summed E-state index contributed by atoms with van der Waals surface area (Å²) in [5, 5.41) is 4.88. The normalized spacial score (nSPS) is 20.1. The molecule has 118 valence electrons. The molecule has 1 atom stereocenters. The van der Waals surface area contributed by atoms with Crippen molar-refractivity contribution >= 4 is 23.2 Å². The molecule has 0 bridgehead atoms. The summed E-state index contributed by atoms with van der Waals surface area (Å²) in [5.41, 5.74) is 1.25. The van der Waals surface area contributed by atoms with Gasteiger partial charge in [0.05, 0.1) is 10.0 Å². The summed E-state index contributed by atoms with van der Waals surface area (Å²) in [6, 6.07) is 5.96. The maximum Gasteiger partial charge on any atom is 0.0595 e. The molecule has 1 aliphatic rings. The van der Waals surface area contributed by atoms with Crippen LogP contribution in [-0.4, -0.2) is 31.1 Å². The first-order valence-corrected chi connectivity index (χ1v) is 8.67. The van der Waals surface area contributed by atoms with Crippen LogP contribution in [-0.2, 0) is 6.54 Å². The van der Waals surface area contributed by atoms with Crippen molar-refractivity contribution in [2.24, 2.45) is 11.8 Å². The van der Waals surface area contributed by atoms with Gasteiger partial charge in [-0.2, -0.15) is 0 Å². The van der Waals surface area contributed by atoms with E-state index in [1.165, 1.54) is 31.5 Å². The second-order valence-electron chi connectivity index (χ2n) is 6.54. The molecule has 2 nitrogen and oxygen atoms in total. The molecular weight excluding hydrogens is 303 g/mol. The molecule has 1 aliphatic heterocycles. The van der Waals surface area contributed by atoms with Crippen LogP contribution < -0.4 is 5.32 Å². The number of halogens is 2. The molecule has 1 fully saturated rings. The first-order valence-electron chi connectivity index (χ1n) is 7.91. The Kier molecular flexibility index (Phi) is 6.81. The molecule has 1 heterocycles. The number of likely N-dealkylation sites (tertiary alicyclic amines) is 1. The van der Waals surface area contributed by atoms with E-state index in [0.717, 1.165) is 31.5 Å². The third-order valence-electron chi connectivity index (χ3n) is 3.98. The van der Waals surface area contributed by atoms with Crippen LogP contribution in [0.4, 0.5) is 0 Å². The van der Waals surface area contributed by atoms with E-state index in [0.29, 0.717) is 10.0 Å². The Morgan fingerprint density at radius 1 is 1.29 bits per heavy atom. The molecular formula is C17H26Cl2N2. The van der Waals surface area contributed by atoms with Crippen LogP contribution in [0, 0.1) is 11.8 Å². The second-order valence-corrected chi connectivity index (χ2v) is 7.36. The van der Waals surface area contributed by atoms with Gasteiger partial charge in [0.2, 0.25) is 0 Å². The molecule has 0 amide bonds. The zero-order valence-corrected chi connectivity index (χ0v) is 14.6. The fourth-order valence-electron chi connectivity index (χ4n) is 2.93. The topological polar surface area (TPSA) is 15.3 Å². The highest BCUT2D eigenvalue weighted by atomic mass is 35.5. The summed E-state index contributed by atoms with van der Waals surface area (Å²) in [7, 11) is 0. The van der Waals surface area contributed by atoms with Crippen molar-refractivity contribution in [3.05, 3.63) is 33.8 Å². The Labute approximate surface area is 138 Å². The Morgan fingerprint density at radius 2 is 2.10 bits per heavy atom. The van der Waals surface area contributed by atoms with Gasteiger partial charge in [0.25, 0.3) is 0 Å². The highest BCUT2D eigenvalue weighted by Gasteiger charge is 2.19. The molecule has 0 aliphatic carbocycles. The molecule has 0 radical (unpaired) electrons. The van der Waals surface area contributed by atoms with E-state index < -0.39 is 0 Å². The molecule has 1 N–H and O–H groups in total. The van der Waals surface area contributed by atoms with E-state index in [2.05, 4.69) is 30.1 Å². The number of nitrogens with one attached hydrogen (secondary N) is 1. The van der Waals surface area contributed by atoms with Gasteiger partial charge in [0, 0.05) is 13.1 Å². The van der Waals surface area contributed by atoms with E-state index >= 15 is 0 Å². The monoisotopic (exact) mass is 328 g/mol. The van der Waals surface area contributed by atoms with Crippen LogP contribution in [0.15, 0.2) is 18.2 Å². The number of nitrogens with zero attached hydrogens (tertiary/aromatic N) is 1. The van der Waals surface area contributed by atoms with Gasteiger partial charge in [-0.15, -0.1) is 0 Å². The third-order valence-corrected chi connectivity index (χ3v) is 4.72. The van der Waals surface area contributed by atoms with Crippen LogP contribution in [0.1, 0.15) is 32.3 Å². The molecule has 1 aromatic carbocycles. The van der Waals surface area contributed by atoms with Crippen LogP contribution in [0.25, 0.3) is 0 Å². The third kappa shape index (κ3) is 5.78. The van der Waals surface area contributed by atoms with Crippen molar-refractivity contribution in [1.29, 1.82) is 0 Å². The molecule has 0 saturated carbocycles. The zero-order valence-electron chi connectivity index (χ0n) is 13.0. The van der Waals surface area contributed by atoms with Crippen molar-refractivity contribution < 1.29 is 0 Å². The van der Waals surface area contributed by atoms with Gasteiger partial charge in [0.15, 0.2) is 0 Å². The zero-order chi connectivity index (χ0) is 15.2. The Morgan fingerprint density at radius 3 is 2.81 bits per heavy atom. The average molecular weight is 329 g/mol. The van der Waals surface area contributed by atoms with Crippen molar-refractivity contribution in [2.75, 3.05) is 26.2 Å². The molecule has 21 heavy (non-hydrogen) atoms. The SMILES string of the molecule is CC(C)CNCC1CCCN(Cc2ccc(Cl)c(Cl)c2)C1. The minimum atomic E-state index is 0.634. The number of rotatable bonds is 6. The first-order chi connectivity index (χ1) is 10.0. The first kappa shape index (κ1) is 17.1. The molecule has 0 aromatic heterocycles. The van der Waals surface area contributed by atoms with Gasteiger partial charge in [-0.25, -0.2) is 0 Å². The number of hydrogen-bond donors (Lipinski definition) is 1. The Balaban J connectivity index is 1.81. The molecule has 1 aromatic rings. The van der Waals surface area contributed by atoms with Crippen LogP contribution in [0.5, 0.6) is 0 Å². The molecule has 0 spiro atoms. The number of piperidine rings is 1. The van der Waals surface area contributed by atoms with Crippen LogP contribution in [0.2, 0.25) is 10.0 Å². The van der Waals surface area contributed by atoms with Gasteiger partial charge in [-0.05, 0) is 62.0 Å². The molecule has 2 rings (SSSR count).